The summed E-state index contributed by atoms with van der Waals surface area (Å²) in [5, 5.41) is 214. The largest absolute Gasteiger partial charge is 0.508 e. The molecule has 0 atom stereocenters. The van der Waals surface area contributed by atoms with Gasteiger partial charge in [-0.1, -0.05) is 0 Å². The molecule has 0 aliphatic heterocycles. The Hall–Kier alpha value is -9.22. The maximum atomic E-state index is 12.1. The van der Waals surface area contributed by atoms with E-state index in [0.717, 1.165) is 0 Å². The van der Waals surface area contributed by atoms with Crippen molar-refractivity contribution >= 4 is 79.0 Å². The quantitative estimate of drug-likeness (QED) is 0.0675. The Labute approximate surface area is 326 Å². The minimum atomic E-state index is -1.58. The average molecular weight is 829 g/mol. The zero-order valence-electron chi connectivity index (χ0n) is 28.8. The maximum absolute atomic E-state index is 12.1. The number of furan rings is 2. The molecule has 0 saturated carbocycles. The third-order valence-corrected chi connectivity index (χ3v) is 10.3. The lowest BCUT2D eigenvalue weighted by atomic mass is 9.90. The number of aromatic nitrogens is 1. The lowest BCUT2D eigenvalue weighted by Gasteiger charge is -2.17. The molecule has 9 rings (SSSR count). The minimum absolute atomic E-state index is 0.316. The third kappa shape index (κ3) is 3.82. The highest BCUT2D eigenvalue weighted by Gasteiger charge is 2.39. The van der Waals surface area contributed by atoms with Crippen LogP contribution in [-0.4, -0.2) is 115 Å². The Morgan fingerprint density at radius 3 is 1.18 bits per heavy atom. The zero-order chi connectivity index (χ0) is 43.8. The van der Waals surface area contributed by atoms with Crippen molar-refractivity contribution in [1.82, 2.24) is 4.57 Å². The fraction of sp³-hybridized carbons (Fsp3) is 0. The van der Waals surface area contributed by atoms with E-state index in [0.29, 0.717) is 4.57 Å². The van der Waals surface area contributed by atoms with Gasteiger partial charge in [0.25, 0.3) is 0 Å². The summed E-state index contributed by atoms with van der Waals surface area (Å²) in [5.74, 6) is -28.0. The van der Waals surface area contributed by atoms with Gasteiger partial charge in [-0.3, -0.25) is 4.57 Å². The van der Waals surface area contributed by atoms with Crippen LogP contribution in [0.3, 0.4) is 0 Å². The van der Waals surface area contributed by atoms with Crippen LogP contribution < -0.4 is 5.46 Å². The Morgan fingerprint density at radius 1 is 0.267 bits per heavy atom. The molecule has 3 aromatic heterocycles. The summed E-state index contributed by atoms with van der Waals surface area (Å²) in [6, 6.07) is 0. The van der Waals surface area contributed by atoms with E-state index < -0.39 is 203 Å². The van der Waals surface area contributed by atoms with Gasteiger partial charge in [-0.05, 0) is 5.46 Å². The number of hydrogen-bond donors (Lipinski definition) is 20. The molecule has 6 aromatic carbocycles. The van der Waals surface area contributed by atoms with Gasteiger partial charge >= 0.3 is 0 Å². The molecule has 9 aromatic rings. The first-order valence-electron chi connectivity index (χ1n) is 16.2. The zero-order valence-corrected chi connectivity index (χ0v) is 28.8. The predicted molar refractivity (Wildman–Crippen MR) is 199 cm³/mol. The van der Waals surface area contributed by atoms with Gasteiger partial charge in [0.15, 0.2) is 79.8 Å². The highest BCUT2D eigenvalue weighted by Crippen LogP contribution is 2.65. The molecule has 0 bridgehead atoms. The van der Waals surface area contributed by atoms with Crippen LogP contribution in [0, 0.1) is 0 Å². The Morgan fingerprint density at radius 2 is 0.617 bits per heavy atom. The van der Waals surface area contributed by atoms with Crippen molar-refractivity contribution in [2.75, 3.05) is 0 Å². The molecule has 304 valence electrons. The summed E-state index contributed by atoms with van der Waals surface area (Å²) >= 11 is 0. The van der Waals surface area contributed by atoms with Crippen molar-refractivity contribution in [3.05, 3.63) is 0 Å². The van der Waals surface area contributed by atoms with Crippen molar-refractivity contribution in [2.24, 2.45) is 0 Å². The predicted octanol–water partition coefficient (Wildman–Crippen LogP) is 3.16. The second kappa shape index (κ2) is 11.0. The number of benzene rings is 6. The van der Waals surface area contributed by atoms with E-state index in [1.165, 1.54) is 0 Å². The van der Waals surface area contributed by atoms with Crippen LogP contribution >= 0.6 is 0 Å². The Bertz CT molecular complexity index is 3560. The number of rotatable bonds is 2. The maximum Gasteiger partial charge on any atom is 0.208 e. The second-order valence-corrected chi connectivity index (χ2v) is 13.3. The van der Waals surface area contributed by atoms with Crippen molar-refractivity contribution < 1.29 is 111 Å². The van der Waals surface area contributed by atoms with Gasteiger partial charge in [-0.2, -0.15) is 0 Å². The van der Waals surface area contributed by atoms with E-state index in [1.807, 2.05) is 0 Å². The lowest BCUT2D eigenvalue weighted by Crippen LogP contribution is -2.03. The standard InChI is InChI=1S/C36H20BNO22/c37-9-14(40)5-6-18(44)25(51)17(43)4(33(6)59-35(5)31(57)21(9)47)3-13(39)1-2-11(23(49)29(55)27(53)15(2)41)38(10(1)22(48)16(3)42)12-24(50)26(52)19(45)7-8-20(46)28(54)30(56)32(58)36(8)60-34(7)12/h39-58H. The molecule has 0 unspecified atom stereocenters. The molecule has 23 nitrogen and oxygen atoms in total. The van der Waals surface area contributed by atoms with Crippen LogP contribution in [0.5, 0.6) is 115 Å². The highest BCUT2D eigenvalue weighted by molar-refractivity contribution is 6.40. The number of nitrogens with zero attached hydrogens (tertiary/aromatic N) is 1. The first-order chi connectivity index (χ1) is 28.1. The highest BCUT2D eigenvalue weighted by atomic mass is 16.4. The van der Waals surface area contributed by atoms with Crippen LogP contribution in [0.25, 0.3) is 82.5 Å². The molecule has 60 heavy (non-hydrogen) atoms. The van der Waals surface area contributed by atoms with Crippen molar-refractivity contribution in [2.45, 2.75) is 0 Å². The third-order valence-electron chi connectivity index (χ3n) is 10.3. The van der Waals surface area contributed by atoms with E-state index in [9.17, 15) is 102 Å². The van der Waals surface area contributed by atoms with Gasteiger partial charge in [-0.25, -0.2) is 0 Å². The van der Waals surface area contributed by atoms with Crippen molar-refractivity contribution in [3.8, 4) is 132 Å². The molecule has 0 amide bonds. The Balaban J connectivity index is 1.55. The fourth-order valence-corrected chi connectivity index (χ4v) is 7.59. The van der Waals surface area contributed by atoms with E-state index in [4.69, 9.17) is 16.7 Å². The first kappa shape index (κ1) is 36.4. The Kier molecular flexibility index (Phi) is 6.68. The summed E-state index contributed by atoms with van der Waals surface area (Å²) in [6.07, 6.45) is 0. The SMILES string of the molecule is [B]c1c(O)c(O)c2oc3c(-c4c(O)c(O)c5c(c4O)c4c(O)c(O)c(O)c(O)c4n5-c4c(O)c(O)c(O)c5c4oc4c(O)c(O)c(O)c(O)c45)c(O)c(O)c(O)c3c2c1O. The second-order valence-electron chi connectivity index (χ2n) is 13.3. The molecule has 0 fully saturated rings. The molecule has 0 aliphatic carbocycles. The summed E-state index contributed by atoms with van der Waals surface area (Å²) in [6.45, 7) is 0. The summed E-state index contributed by atoms with van der Waals surface area (Å²) in [4.78, 5) is 0. The molecule has 20 N–H and O–H groups in total. The smallest absolute Gasteiger partial charge is 0.208 e. The molecule has 2 radical (unpaired) electrons. The topological polar surface area (TPSA) is 436 Å². The molecular formula is C36H20BNO22. The van der Waals surface area contributed by atoms with Crippen LogP contribution in [0.2, 0.25) is 0 Å². The minimum Gasteiger partial charge on any atom is -0.508 e. The summed E-state index contributed by atoms with van der Waals surface area (Å²) < 4.78 is 11.5. The van der Waals surface area contributed by atoms with Crippen molar-refractivity contribution in [1.29, 1.82) is 0 Å². The van der Waals surface area contributed by atoms with Gasteiger partial charge in [0.2, 0.25) is 46.0 Å². The normalized spacial score (nSPS) is 12.1. The number of fused-ring (bicyclic) bond motifs is 9. The summed E-state index contributed by atoms with van der Waals surface area (Å²) in [7, 11) is 5.67. The molecular weight excluding hydrogens is 809 g/mol. The number of phenols is 20. The van der Waals surface area contributed by atoms with Crippen LogP contribution in [0.1, 0.15) is 0 Å². The molecule has 0 aliphatic rings. The van der Waals surface area contributed by atoms with Gasteiger partial charge < -0.3 is 111 Å². The van der Waals surface area contributed by atoms with Gasteiger partial charge in [0.05, 0.1) is 43.4 Å². The molecule has 0 spiro atoms. The van der Waals surface area contributed by atoms with E-state index in [-0.39, 0.29) is 0 Å². The molecule has 24 heteroatoms. The van der Waals surface area contributed by atoms with Gasteiger partial charge in [-0.15, -0.1) is 0 Å². The molecule has 0 saturated heterocycles. The number of phenolic OH excluding ortho intramolecular Hbond substituents is 20. The lowest BCUT2D eigenvalue weighted by molar-refractivity contribution is 0.348. The van der Waals surface area contributed by atoms with Gasteiger partial charge in [0.1, 0.15) is 36.1 Å². The van der Waals surface area contributed by atoms with E-state index in [2.05, 4.69) is 0 Å². The summed E-state index contributed by atoms with van der Waals surface area (Å²) in [5.41, 5.74) is -10.4. The van der Waals surface area contributed by atoms with Crippen LogP contribution in [0.15, 0.2) is 8.83 Å². The first-order valence-corrected chi connectivity index (χ1v) is 16.2. The average Bonchev–Trinajstić information content (AvgIpc) is 3.92. The number of hydrogen-bond acceptors (Lipinski definition) is 22. The van der Waals surface area contributed by atoms with E-state index in [1.54, 1.807) is 0 Å². The van der Waals surface area contributed by atoms with Crippen LogP contribution in [0.4, 0.5) is 0 Å². The molecule has 3 heterocycles. The number of aromatic hydroxyl groups is 20. The van der Waals surface area contributed by atoms with E-state index >= 15 is 0 Å². The van der Waals surface area contributed by atoms with Gasteiger partial charge in [0, 0.05) is 0 Å². The van der Waals surface area contributed by atoms with Crippen LogP contribution in [-0.2, 0) is 0 Å². The van der Waals surface area contributed by atoms with Crippen molar-refractivity contribution in [3.63, 3.8) is 0 Å². The monoisotopic (exact) mass is 829 g/mol. The fourth-order valence-electron chi connectivity index (χ4n) is 7.59.